The van der Waals surface area contributed by atoms with Crippen molar-refractivity contribution in [3.63, 3.8) is 0 Å². The first-order chi connectivity index (χ1) is 14.3. The molecular formula is C20H22ClN3O5S. The normalized spacial score (nSPS) is 14.7. The van der Waals surface area contributed by atoms with E-state index in [4.69, 9.17) is 16.3 Å². The first-order valence-corrected chi connectivity index (χ1v) is 11.2. The Balaban J connectivity index is 1.71. The lowest BCUT2D eigenvalue weighted by Gasteiger charge is -2.26. The third-order valence-corrected chi connectivity index (χ3v) is 6.87. The Hall–Kier alpha value is -2.62. The van der Waals surface area contributed by atoms with Gasteiger partial charge >= 0.3 is 0 Å². The van der Waals surface area contributed by atoms with Crippen molar-refractivity contribution in [1.29, 1.82) is 0 Å². The van der Waals surface area contributed by atoms with Gasteiger partial charge in [-0.1, -0.05) is 24.1 Å². The molecule has 1 heterocycles. The Morgan fingerprint density at radius 1 is 1.00 bits per heavy atom. The summed E-state index contributed by atoms with van der Waals surface area (Å²) in [5, 5.41) is 0.336. The van der Waals surface area contributed by atoms with Crippen LogP contribution in [0.2, 0.25) is 5.02 Å². The van der Waals surface area contributed by atoms with Gasteiger partial charge in [-0.15, -0.1) is 0 Å². The quantitative estimate of drug-likeness (QED) is 0.680. The Labute approximate surface area is 180 Å². The van der Waals surface area contributed by atoms with Crippen LogP contribution in [-0.4, -0.2) is 44.7 Å². The molecule has 2 N–H and O–H groups in total. The first-order valence-electron chi connectivity index (χ1n) is 9.37. The molecule has 2 aromatic carbocycles. The Morgan fingerprint density at radius 2 is 1.70 bits per heavy atom. The minimum atomic E-state index is -3.67. The number of carbonyl (C=O) groups excluding carboxylic acids is 2. The van der Waals surface area contributed by atoms with E-state index in [1.54, 1.807) is 6.07 Å². The van der Waals surface area contributed by atoms with Crippen LogP contribution >= 0.6 is 11.6 Å². The maximum Gasteiger partial charge on any atom is 0.273 e. The molecule has 0 unspecified atom stereocenters. The van der Waals surface area contributed by atoms with Crippen molar-refractivity contribution in [1.82, 2.24) is 15.2 Å². The van der Waals surface area contributed by atoms with Crippen molar-refractivity contribution < 1.29 is 22.7 Å². The fourth-order valence-electron chi connectivity index (χ4n) is 3.16. The smallest absolute Gasteiger partial charge is 0.273 e. The summed E-state index contributed by atoms with van der Waals surface area (Å²) >= 11 is 5.92. The highest BCUT2D eigenvalue weighted by molar-refractivity contribution is 7.89. The van der Waals surface area contributed by atoms with Crippen molar-refractivity contribution in [2.24, 2.45) is 0 Å². The zero-order valence-corrected chi connectivity index (χ0v) is 17.9. The fourth-order valence-corrected chi connectivity index (χ4v) is 4.90. The van der Waals surface area contributed by atoms with Gasteiger partial charge < -0.3 is 4.74 Å². The number of halogens is 1. The molecule has 1 saturated heterocycles. The number of hydrogen-bond donors (Lipinski definition) is 2. The van der Waals surface area contributed by atoms with Crippen LogP contribution < -0.4 is 15.6 Å². The minimum Gasteiger partial charge on any atom is -0.496 e. The number of ether oxygens (including phenoxy) is 1. The van der Waals surface area contributed by atoms with E-state index in [2.05, 4.69) is 10.9 Å². The monoisotopic (exact) mass is 451 g/mol. The summed E-state index contributed by atoms with van der Waals surface area (Å²) in [6, 6.07) is 10.2. The Bertz CT molecular complexity index is 1050. The summed E-state index contributed by atoms with van der Waals surface area (Å²) in [5.74, 6) is -0.986. The first kappa shape index (κ1) is 22.1. The summed E-state index contributed by atoms with van der Waals surface area (Å²) in [6.45, 7) is 0.937. The fraction of sp³-hybridized carbons (Fsp3) is 0.300. The number of nitrogens with zero attached hydrogens (tertiary/aromatic N) is 1. The summed E-state index contributed by atoms with van der Waals surface area (Å²) < 4.78 is 32.2. The molecule has 2 amide bonds. The maximum atomic E-state index is 12.8. The van der Waals surface area contributed by atoms with Gasteiger partial charge in [0.15, 0.2) is 0 Å². The lowest BCUT2D eigenvalue weighted by molar-refractivity contribution is 0.0845. The van der Waals surface area contributed by atoms with Gasteiger partial charge in [0.05, 0.1) is 17.6 Å². The SMILES string of the molecule is COc1ccc(Cl)cc1C(=O)NNC(=O)c1cccc(S(=O)(=O)N2CCCCC2)c1. The summed E-state index contributed by atoms with van der Waals surface area (Å²) in [4.78, 5) is 24.9. The van der Waals surface area contributed by atoms with Gasteiger partial charge in [0.25, 0.3) is 11.8 Å². The minimum absolute atomic E-state index is 0.0416. The number of benzene rings is 2. The number of piperidine rings is 1. The number of sulfonamides is 1. The van der Waals surface area contributed by atoms with E-state index in [0.29, 0.717) is 23.9 Å². The molecule has 3 rings (SSSR count). The number of hydrazine groups is 1. The van der Waals surface area contributed by atoms with Crippen LogP contribution in [0.3, 0.4) is 0 Å². The second-order valence-electron chi connectivity index (χ2n) is 6.75. The average Bonchev–Trinajstić information content (AvgIpc) is 2.77. The summed E-state index contributed by atoms with van der Waals surface area (Å²) in [7, 11) is -2.26. The molecule has 8 nitrogen and oxygen atoms in total. The zero-order chi connectivity index (χ0) is 21.7. The van der Waals surface area contributed by atoms with Gasteiger partial charge in [0.1, 0.15) is 5.75 Å². The topological polar surface area (TPSA) is 105 Å². The molecule has 0 atom stereocenters. The maximum absolute atomic E-state index is 12.8. The van der Waals surface area contributed by atoms with Gasteiger partial charge in [-0.25, -0.2) is 8.42 Å². The van der Waals surface area contributed by atoms with Gasteiger partial charge in [-0.3, -0.25) is 20.4 Å². The number of hydrogen-bond acceptors (Lipinski definition) is 5. The highest BCUT2D eigenvalue weighted by Gasteiger charge is 2.26. The Morgan fingerprint density at radius 3 is 2.40 bits per heavy atom. The highest BCUT2D eigenvalue weighted by Crippen LogP contribution is 2.23. The van der Waals surface area contributed by atoms with E-state index < -0.39 is 21.8 Å². The van der Waals surface area contributed by atoms with E-state index in [1.165, 1.54) is 47.8 Å². The molecule has 0 spiro atoms. The van der Waals surface area contributed by atoms with Crippen molar-refractivity contribution in [2.45, 2.75) is 24.2 Å². The summed E-state index contributed by atoms with van der Waals surface area (Å²) in [6.07, 6.45) is 2.64. The molecule has 160 valence electrons. The van der Waals surface area contributed by atoms with Crippen LogP contribution in [0.4, 0.5) is 0 Å². The third kappa shape index (κ3) is 4.92. The van der Waals surface area contributed by atoms with Crippen LogP contribution in [0.15, 0.2) is 47.4 Å². The van der Waals surface area contributed by atoms with Crippen molar-refractivity contribution in [3.05, 3.63) is 58.6 Å². The molecule has 0 radical (unpaired) electrons. The molecule has 1 aliphatic heterocycles. The van der Waals surface area contributed by atoms with Gasteiger partial charge in [0, 0.05) is 23.7 Å². The molecule has 1 fully saturated rings. The lowest BCUT2D eigenvalue weighted by atomic mass is 10.2. The highest BCUT2D eigenvalue weighted by atomic mass is 35.5. The molecular weight excluding hydrogens is 430 g/mol. The Kier molecular flexibility index (Phi) is 6.96. The molecule has 10 heteroatoms. The second kappa shape index (κ2) is 9.46. The molecule has 1 aliphatic rings. The number of methoxy groups -OCH3 is 1. The predicted octanol–water partition coefficient (Wildman–Crippen LogP) is 2.60. The van der Waals surface area contributed by atoms with Crippen LogP contribution in [0.1, 0.15) is 40.0 Å². The van der Waals surface area contributed by atoms with E-state index in [-0.39, 0.29) is 16.0 Å². The standard InChI is InChI=1S/C20H22ClN3O5S/c1-29-18-9-8-15(21)13-17(18)20(26)23-22-19(25)14-6-5-7-16(12-14)30(27,28)24-10-3-2-4-11-24/h5-9,12-13H,2-4,10-11H2,1H3,(H,22,25)(H,23,26). The van der Waals surface area contributed by atoms with Crippen molar-refractivity contribution in [3.8, 4) is 5.75 Å². The van der Waals surface area contributed by atoms with Crippen LogP contribution in [0, 0.1) is 0 Å². The molecule has 0 bridgehead atoms. The van der Waals surface area contributed by atoms with E-state index in [9.17, 15) is 18.0 Å². The lowest BCUT2D eigenvalue weighted by Crippen LogP contribution is -2.42. The predicted molar refractivity (Wildman–Crippen MR) is 112 cm³/mol. The van der Waals surface area contributed by atoms with Crippen LogP contribution in [0.25, 0.3) is 0 Å². The largest absolute Gasteiger partial charge is 0.496 e. The summed E-state index contributed by atoms with van der Waals surface area (Å²) in [5.41, 5.74) is 4.81. The van der Waals surface area contributed by atoms with Crippen LogP contribution in [-0.2, 0) is 10.0 Å². The number of amides is 2. The molecule has 0 aromatic heterocycles. The van der Waals surface area contributed by atoms with Gasteiger partial charge in [-0.2, -0.15) is 4.31 Å². The number of rotatable bonds is 5. The molecule has 2 aromatic rings. The van der Waals surface area contributed by atoms with Crippen LogP contribution in [0.5, 0.6) is 5.75 Å². The van der Waals surface area contributed by atoms with E-state index in [1.807, 2.05) is 0 Å². The van der Waals surface area contributed by atoms with Gasteiger partial charge in [-0.05, 0) is 49.2 Å². The van der Waals surface area contributed by atoms with E-state index >= 15 is 0 Å². The second-order valence-corrected chi connectivity index (χ2v) is 9.12. The average molecular weight is 452 g/mol. The third-order valence-electron chi connectivity index (χ3n) is 4.74. The van der Waals surface area contributed by atoms with Crippen molar-refractivity contribution in [2.75, 3.05) is 20.2 Å². The zero-order valence-electron chi connectivity index (χ0n) is 16.4. The molecule has 0 saturated carbocycles. The molecule has 0 aliphatic carbocycles. The number of carbonyl (C=O) groups is 2. The van der Waals surface area contributed by atoms with Crippen molar-refractivity contribution >= 4 is 33.4 Å². The molecule has 30 heavy (non-hydrogen) atoms. The number of nitrogens with one attached hydrogen (secondary N) is 2. The van der Waals surface area contributed by atoms with E-state index in [0.717, 1.165) is 19.3 Å². The van der Waals surface area contributed by atoms with Gasteiger partial charge in [0.2, 0.25) is 10.0 Å².